The molecule has 5 nitrogen and oxygen atoms in total. The van der Waals surface area contributed by atoms with Gasteiger partial charge in [0.05, 0.1) is 27.8 Å². The number of aromatic nitrogens is 5. The molecule has 0 spiro atoms. The smallest absolute Gasteiger partial charge is 0.164 e. The van der Waals surface area contributed by atoms with Gasteiger partial charge in [0, 0.05) is 49.3 Å². The molecule has 0 aliphatic heterocycles. The van der Waals surface area contributed by atoms with Gasteiger partial charge in [-0.1, -0.05) is 158 Å². The van der Waals surface area contributed by atoms with E-state index in [1.54, 1.807) is 0 Å². The standard InChI is InChI=1S/C49H31N5/c1-3-16-33(17-4-1)47-50-48(34-18-5-2-6-19-34)52-49(51-47)35-21-13-22-36(31-35)53-43-26-11-9-24-38(43)40-29-30-41-39-25-10-12-27-44(39)54(46(41)45(40)53)42-28-14-20-32-15-7-8-23-37(32)42/h1-31H. The Balaban J connectivity index is 1.22. The summed E-state index contributed by atoms with van der Waals surface area (Å²) in [5.41, 5.74) is 9.63. The van der Waals surface area contributed by atoms with Crippen LogP contribution in [0.3, 0.4) is 0 Å². The topological polar surface area (TPSA) is 48.5 Å². The van der Waals surface area contributed by atoms with Crippen molar-refractivity contribution in [1.82, 2.24) is 24.1 Å². The first-order chi connectivity index (χ1) is 26.8. The van der Waals surface area contributed by atoms with Crippen LogP contribution in [-0.4, -0.2) is 24.1 Å². The molecule has 11 rings (SSSR count). The summed E-state index contributed by atoms with van der Waals surface area (Å²) in [6.45, 7) is 0. The summed E-state index contributed by atoms with van der Waals surface area (Å²) in [7, 11) is 0. The first kappa shape index (κ1) is 30.3. The lowest BCUT2D eigenvalue weighted by Gasteiger charge is -2.15. The summed E-state index contributed by atoms with van der Waals surface area (Å²) < 4.78 is 4.90. The maximum Gasteiger partial charge on any atom is 0.164 e. The van der Waals surface area contributed by atoms with Crippen LogP contribution in [0.25, 0.3) is 99.9 Å². The van der Waals surface area contributed by atoms with Crippen LogP contribution in [0.5, 0.6) is 0 Å². The largest absolute Gasteiger partial charge is 0.307 e. The summed E-state index contributed by atoms with van der Waals surface area (Å²) in [6.07, 6.45) is 0. The monoisotopic (exact) mass is 689 g/mol. The molecule has 0 N–H and O–H groups in total. The summed E-state index contributed by atoms with van der Waals surface area (Å²) in [4.78, 5) is 15.1. The molecule has 11 aromatic rings. The molecule has 5 heteroatoms. The van der Waals surface area contributed by atoms with Gasteiger partial charge >= 0.3 is 0 Å². The second-order valence-electron chi connectivity index (χ2n) is 13.6. The number of para-hydroxylation sites is 2. The number of hydrogen-bond acceptors (Lipinski definition) is 3. The Labute approximate surface area is 311 Å². The summed E-state index contributed by atoms with van der Waals surface area (Å²) >= 11 is 0. The highest BCUT2D eigenvalue weighted by molar-refractivity contribution is 6.24. The van der Waals surface area contributed by atoms with E-state index >= 15 is 0 Å². The van der Waals surface area contributed by atoms with Gasteiger partial charge in [0.1, 0.15) is 0 Å². The molecule has 0 fully saturated rings. The quantitative estimate of drug-likeness (QED) is 0.181. The number of fused-ring (bicyclic) bond motifs is 8. The molecule has 0 bridgehead atoms. The SMILES string of the molecule is c1ccc(-c2nc(-c3ccccc3)nc(-c3cccc(-n4c5ccccc5c5ccc6c7ccccc7n(-c7cccc8ccccc78)c6c54)c3)n2)cc1. The second-order valence-corrected chi connectivity index (χ2v) is 13.6. The van der Waals surface area contributed by atoms with E-state index < -0.39 is 0 Å². The van der Waals surface area contributed by atoms with Crippen molar-refractivity contribution in [1.29, 1.82) is 0 Å². The fourth-order valence-electron chi connectivity index (χ4n) is 8.14. The minimum atomic E-state index is 0.625. The van der Waals surface area contributed by atoms with Crippen LogP contribution in [0.4, 0.5) is 0 Å². The van der Waals surface area contributed by atoms with Gasteiger partial charge in [-0.25, -0.2) is 15.0 Å². The zero-order valence-corrected chi connectivity index (χ0v) is 29.1. The molecule has 0 saturated carbocycles. The lowest BCUT2D eigenvalue weighted by molar-refractivity contribution is 1.07. The molecule has 252 valence electrons. The predicted molar refractivity (Wildman–Crippen MR) is 222 cm³/mol. The van der Waals surface area contributed by atoms with Crippen LogP contribution in [0.1, 0.15) is 0 Å². The van der Waals surface area contributed by atoms with Gasteiger partial charge in [-0.05, 0) is 35.7 Å². The molecule has 0 amide bonds. The molecule has 0 aliphatic carbocycles. The van der Waals surface area contributed by atoms with E-state index in [9.17, 15) is 0 Å². The predicted octanol–water partition coefficient (Wildman–Crippen LogP) is 12.2. The third-order valence-electron chi connectivity index (χ3n) is 10.5. The number of benzene rings is 8. The maximum absolute atomic E-state index is 5.07. The van der Waals surface area contributed by atoms with Gasteiger partial charge < -0.3 is 9.13 Å². The lowest BCUT2D eigenvalue weighted by Crippen LogP contribution is -2.02. The highest BCUT2D eigenvalue weighted by Gasteiger charge is 2.22. The van der Waals surface area contributed by atoms with Gasteiger partial charge in [0.15, 0.2) is 17.5 Å². The van der Waals surface area contributed by atoms with Gasteiger partial charge in [0.2, 0.25) is 0 Å². The molecule has 0 aliphatic rings. The van der Waals surface area contributed by atoms with Crippen molar-refractivity contribution >= 4 is 54.4 Å². The van der Waals surface area contributed by atoms with E-state index in [2.05, 4.69) is 137 Å². The molecular formula is C49H31N5. The van der Waals surface area contributed by atoms with Crippen molar-refractivity contribution in [2.24, 2.45) is 0 Å². The molecule has 54 heavy (non-hydrogen) atoms. The van der Waals surface area contributed by atoms with Crippen LogP contribution in [0.2, 0.25) is 0 Å². The average molecular weight is 690 g/mol. The minimum absolute atomic E-state index is 0.625. The average Bonchev–Trinajstić information content (AvgIpc) is 3.77. The van der Waals surface area contributed by atoms with E-state index in [1.807, 2.05) is 60.7 Å². The van der Waals surface area contributed by atoms with Crippen molar-refractivity contribution in [3.8, 4) is 45.5 Å². The van der Waals surface area contributed by atoms with Crippen molar-refractivity contribution in [3.05, 3.63) is 188 Å². The normalized spacial score (nSPS) is 11.7. The van der Waals surface area contributed by atoms with Gasteiger partial charge in [-0.3, -0.25) is 0 Å². The van der Waals surface area contributed by atoms with Crippen molar-refractivity contribution < 1.29 is 0 Å². The molecule has 0 saturated heterocycles. The Morgan fingerprint density at radius 3 is 1.43 bits per heavy atom. The Kier molecular flexibility index (Phi) is 6.79. The third kappa shape index (κ3) is 4.69. The highest BCUT2D eigenvalue weighted by Crippen LogP contribution is 2.43. The van der Waals surface area contributed by atoms with Crippen molar-refractivity contribution in [3.63, 3.8) is 0 Å². The van der Waals surface area contributed by atoms with Crippen molar-refractivity contribution in [2.75, 3.05) is 0 Å². The Morgan fingerprint density at radius 1 is 0.315 bits per heavy atom. The Bertz CT molecular complexity index is 3150. The molecule has 0 atom stereocenters. The number of nitrogens with zero attached hydrogens (tertiary/aromatic N) is 5. The van der Waals surface area contributed by atoms with E-state index in [0.29, 0.717) is 17.5 Å². The van der Waals surface area contributed by atoms with Crippen LogP contribution in [-0.2, 0) is 0 Å². The number of rotatable bonds is 5. The molecule has 3 heterocycles. The summed E-state index contributed by atoms with van der Waals surface area (Å²) in [5.74, 6) is 1.91. The summed E-state index contributed by atoms with van der Waals surface area (Å²) in [6, 6.07) is 66.2. The maximum atomic E-state index is 5.07. The zero-order valence-electron chi connectivity index (χ0n) is 29.1. The second kappa shape index (κ2) is 12.1. The minimum Gasteiger partial charge on any atom is -0.307 e. The van der Waals surface area contributed by atoms with E-state index in [4.69, 9.17) is 15.0 Å². The molecule has 8 aromatic carbocycles. The first-order valence-electron chi connectivity index (χ1n) is 18.2. The molecule has 3 aromatic heterocycles. The molecule has 0 radical (unpaired) electrons. The Hall–Kier alpha value is -7.37. The summed E-state index contributed by atoms with van der Waals surface area (Å²) in [5, 5.41) is 7.26. The fourth-order valence-corrected chi connectivity index (χ4v) is 8.14. The van der Waals surface area contributed by atoms with Crippen molar-refractivity contribution in [2.45, 2.75) is 0 Å². The van der Waals surface area contributed by atoms with Crippen LogP contribution in [0, 0.1) is 0 Å². The zero-order chi connectivity index (χ0) is 35.6. The molecule has 0 unspecified atom stereocenters. The van der Waals surface area contributed by atoms with Crippen LogP contribution >= 0.6 is 0 Å². The van der Waals surface area contributed by atoms with Crippen LogP contribution < -0.4 is 0 Å². The van der Waals surface area contributed by atoms with Gasteiger partial charge in [-0.15, -0.1) is 0 Å². The highest BCUT2D eigenvalue weighted by atomic mass is 15.1. The van der Waals surface area contributed by atoms with Gasteiger partial charge in [0.25, 0.3) is 0 Å². The van der Waals surface area contributed by atoms with E-state index in [-0.39, 0.29) is 0 Å². The van der Waals surface area contributed by atoms with E-state index in [0.717, 1.165) is 39.1 Å². The first-order valence-corrected chi connectivity index (χ1v) is 18.2. The number of hydrogen-bond donors (Lipinski definition) is 0. The fraction of sp³-hybridized carbons (Fsp3) is 0. The van der Waals surface area contributed by atoms with E-state index in [1.165, 1.54) is 43.4 Å². The Morgan fingerprint density at radius 2 is 0.778 bits per heavy atom. The lowest BCUT2D eigenvalue weighted by atomic mass is 10.1. The van der Waals surface area contributed by atoms with Gasteiger partial charge in [-0.2, -0.15) is 0 Å². The third-order valence-corrected chi connectivity index (χ3v) is 10.5. The van der Waals surface area contributed by atoms with Crippen LogP contribution in [0.15, 0.2) is 188 Å². The molecular weight excluding hydrogens is 659 g/mol.